The van der Waals surface area contributed by atoms with Gasteiger partial charge < -0.3 is 9.05 Å². The molecule has 0 aliphatic carbocycles. The fraction of sp³-hybridized carbons (Fsp3) is 1.00. The van der Waals surface area contributed by atoms with Crippen LogP contribution in [0.5, 0.6) is 0 Å². The first-order valence-electron chi connectivity index (χ1n) is 4.45. The maximum atomic E-state index is 11.5. The molecule has 0 saturated carbocycles. The maximum Gasteiger partial charge on any atom is 0.330 e. The summed E-state index contributed by atoms with van der Waals surface area (Å²) in [6.45, 7) is 0. The summed E-state index contributed by atoms with van der Waals surface area (Å²) in [4.78, 5) is 0. The third-order valence-electron chi connectivity index (χ3n) is 1.87. The zero-order valence-electron chi connectivity index (χ0n) is 8.29. The molecule has 0 spiro atoms. The molecule has 0 aromatic rings. The van der Waals surface area contributed by atoms with Crippen LogP contribution in [0, 0.1) is 0 Å². The van der Waals surface area contributed by atoms with Gasteiger partial charge in [0.25, 0.3) is 0 Å². The van der Waals surface area contributed by atoms with Crippen molar-refractivity contribution in [1.82, 2.24) is 0 Å². The molecule has 0 bridgehead atoms. The standard InChI is InChI=1S/C8H18BrO3P/c1-11-13(10,12-2)8-6-4-3-5-7-9/h3-8H2,1-2H3. The second-order valence-corrected chi connectivity index (χ2v) is 6.00. The van der Waals surface area contributed by atoms with Crippen LogP contribution >= 0.6 is 23.5 Å². The summed E-state index contributed by atoms with van der Waals surface area (Å²) in [7, 11) is 0.125. The van der Waals surface area contributed by atoms with Gasteiger partial charge in [-0.15, -0.1) is 0 Å². The van der Waals surface area contributed by atoms with Gasteiger partial charge in [-0.1, -0.05) is 28.8 Å². The minimum atomic E-state index is -2.74. The molecule has 3 nitrogen and oxygen atoms in total. The Morgan fingerprint density at radius 3 is 2.08 bits per heavy atom. The van der Waals surface area contributed by atoms with E-state index in [9.17, 15) is 4.57 Å². The van der Waals surface area contributed by atoms with E-state index in [4.69, 9.17) is 9.05 Å². The van der Waals surface area contributed by atoms with Crippen molar-refractivity contribution in [2.75, 3.05) is 25.7 Å². The molecule has 0 atom stereocenters. The Balaban J connectivity index is 3.45. The van der Waals surface area contributed by atoms with Crippen LogP contribution in [0.1, 0.15) is 25.7 Å². The predicted octanol–water partition coefficient (Wildman–Crippen LogP) is 3.43. The molecule has 0 fully saturated rings. The van der Waals surface area contributed by atoms with Gasteiger partial charge in [0.15, 0.2) is 0 Å². The van der Waals surface area contributed by atoms with Crippen LogP contribution in [-0.4, -0.2) is 25.7 Å². The van der Waals surface area contributed by atoms with Crippen LogP contribution in [0.3, 0.4) is 0 Å². The van der Waals surface area contributed by atoms with Gasteiger partial charge in [-0.2, -0.15) is 0 Å². The van der Waals surface area contributed by atoms with Gasteiger partial charge in [-0.25, -0.2) is 0 Å². The number of halogens is 1. The van der Waals surface area contributed by atoms with Crippen molar-refractivity contribution in [1.29, 1.82) is 0 Å². The van der Waals surface area contributed by atoms with Gasteiger partial charge in [0.1, 0.15) is 0 Å². The van der Waals surface area contributed by atoms with E-state index in [1.165, 1.54) is 27.1 Å². The highest BCUT2D eigenvalue weighted by Crippen LogP contribution is 2.47. The lowest BCUT2D eigenvalue weighted by atomic mass is 10.2. The van der Waals surface area contributed by atoms with E-state index in [1.807, 2.05) is 0 Å². The number of alkyl halides is 1. The van der Waals surface area contributed by atoms with Gasteiger partial charge in [0, 0.05) is 19.5 Å². The monoisotopic (exact) mass is 272 g/mol. The minimum Gasteiger partial charge on any atom is -0.312 e. The van der Waals surface area contributed by atoms with Gasteiger partial charge in [-0.05, 0) is 12.8 Å². The van der Waals surface area contributed by atoms with Gasteiger partial charge in [0.2, 0.25) is 0 Å². The Bertz CT molecular complexity index is 155. The summed E-state index contributed by atoms with van der Waals surface area (Å²) in [6, 6.07) is 0. The number of unbranched alkanes of at least 4 members (excludes halogenated alkanes) is 3. The second-order valence-electron chi connectivity index (χ2n) is 2.80. The highest BCUT2D eigenvalue weighted by atomic mass is 79.9. The molecular weight excluding hydrogens is 255 g/mol. The normalized spacial score (nSPS) is 11.9. The van der Waals surface area contributed by atoms with Gasteiger partial charge in [-0.3, -0.25) is 4.57 Å². The van der Waals surface area contributed by atoms with Crippen molar-refractivity contribution in [2.24, 2.45) is 0 Å². The summed E-state index contributed by atoms with van der Waals surface area (Å²) < 4.78 is 21.2. The molecule has 0 unspecified atom stereocenters. The number of rotatable bonds is 8. The first-order chi connectivity index (χ1) is 6.18. The van der Waals surface area contributed by atoms with Crippen LogP contribution in [0.25, 0.3) is 0 Å². The fourth-order valence-electron chi connectivity index (χ4n) is 1.01. The second kappa shape index (κ2) is 7.98. The Morgan fingerprint density at radius 1 is 1.08 bits per heavy atom. The molecule has 0 aliphatic rings. The average molecular weight is 273 g/mol. The van der Waals surface area contributed by atoms with Crippen molar-refractivity contribution < 1.29 is 13.6 Å². The SMILES string of the molecule is COP(=O)(CCCCCCBr)OC. The Hall–Kier alpha value is 0.630. The lowest BCUT2D eigenvalue weighted by molar-refractivity contribution is 0.275. The molecule has 0 heterocycles. The van der Waals surface area contributed by atoms with E-state index in [2.05, 4.69) is 15.9 Å². The van der Waals surface area contributed by atoms with Crippen LogP contribution < -0.4 is 0 Å². The highest BCUT2D eigenvalue weighted by molar-refractivity contribution is 9.09. The van der Waals surface area contributed by atoms with Crippen molar-refractivity contribution in [3.8, 4) is 0 Å². The summed E-state index contributed by atoms with van der Waals surface area (Å²) in [6.07, 6.45) is 4.86. The quantitative estimate of drug-likeness (QED) is 0.386. The Morgan fingerprint density at radius 2 is 1.62 bits per heavy atom. The van der Waals surface area contributed by atoms with E-state index < -0.39 is 7.60 Å². The highest BCUT2D eigenvalue weighted by Gasteiger charge is 2.19. The van der Waals surface area contributed by atoms with Crippen LogP contribution in [-0.2, 0) is 13.6 Å². The first-order valence-corrected chi connectivity index (χ1v) is 7.30. The van der Waals surface area contributed by atoms with Crippen molar-refractivity contribution >= 4 is 23.5 Å². The molecule has 0 saturated heterocycles. The van der Waals surface area contributed by atoms with Crippen molar-refractivity contribution in [3.63, 3.8) is 0 Å². The zero-order chi connectivity index (χ0) is 10.2. The molecule has 0 rings (SSSR count). The topological polar surface area (TPSA) is 35.5 Å². The largest absolute Gasteiger partial charge is 0.330 e. The van der Waals surface area contributed by atoms with E-state index in [1.54, 1.807) is 0 Å². The zero-order valence-corrected chi connectivity index (χ0v) is 10.8. The summed E-state index contributed by atoms with van der Waals surface area (Å²) in [5.41, 5.74) is 0. The van der Waals surface area contributed by atoms with E-state index in [-0.39, 0.29) is 0 Å². The van der Waals surface area contributed by atoms with Crippen LogP contribution in [0.4, 0.5) is 0 Å². The number of hydrogen-bond acceptors (Lipinski definition) is 3. The first kappa shape index (κ1) is 13.6. The van der Waals surface area contributed by atoms with Crippen LogP contribution in [0.2, 0.25) is 0 Å². The van der Waals surface area contributed by atoms with Crippen molar-refractivity contribution in [2.45, 2.75) is 25.7 Å². The van der Waals surface area contributed by atoms with E-state index in [0.29, 0.717) is 6.16 Å². The molecular formula is C8H18BrO3P. The molecule has 13 heavy (non-hydrogen) atoms. The molecule has 0 aromatic carbocycles. The molecule has 0 radical (unpaired) electrons. The van der Waals surface area contributed by atoms with E-state index in [0.717, 1.165) is 18.2 Å². The molecule has 0 amide bonds. The molecule has 80 valence electrons. The summed E-state index contributed by atoms with van der Waals surface area (Å²) in [5.74, 6) is 0. The third kappa shape index (κ3) is 6.67. The van der Waals surface area contributed by atoms with Crippen LogP contribution in [0.15, 0.2) is 0 Å². The molecule has 0 aromatic heterocycles. The predicted molar refractivity (Wildman–Crippen MR) is 58.8 cm³/mol. The van der Waals surface area contributed by atoms with Gasteiger partial charge in [0.05, 0.1) is 6.16 Å². The molecule has 5 heteroatoms. The van der Waals surface area contributed by atoms with Gasteiger partial charge >= 0.3 is 7.60 Å². The molecule has 0 aliphatic heterocycles. The average Bonchev–Trinajstić information content (AvgIpc) is 2.17. The molecule has 0 N–H and O–H groups in total. The maximum absolute atomic E-state index is 11.5. The lowest BCUT2D eigenvalue weighted by Gasteiger charge is -2.12. The third-order valence-corrected chi connectivity index (χ3v) is 4.41. The smallest absolute Gasteiger partial charge is 0.312 e. The summed E-state index contributed by atoms with van der Waals surface area (Å²) >= 11 is 3.36. The number of hydrogen-bond donors (Lipinski definition) is 0. The Kier molecular flexibility index (Phi) is 8.37. The summed E-state index contributed by atoms with van der Waals surface area (Å²) in [5, 5.41) is 1.04. The lowest BCUT2D eigenvalue weighted by Crippen LogP contribution is -1.94. The minimum absolute atomic E-state index is 0.530. The van der Waals surface area contributed by atoms with Crippen molar-refractivity contribution in [3.05, 3.63) is 0 Å². The van der Waals surface area contributed by atoms with E-state index >= 15 is 0 Å². The Labute approximate surface area is 88.9 Å². The fourth-order valence-corrected chi connectivity index (χ4v) is 2.53.